The van der Waals surface area contributed by atoms with Gasteiger partial charge in [-0.15, -0.1) is 0 Å². The lowest BCUT2D eigenvalue weighted by molar-refractivity contribution is -0.131. The highest BCUT2D eigenvalue weighted by atomic mass is 16.5. The molecule has 0 aliphatic carbocycles. The third-order valence-electron chi connectivity index (χ3n) is 1.62. The van der Waals surface area contributed by atoms with E-state index in [0.717, 1.165) is 0 Å². The molecule has 0 fully saturated rings. The van der Waals surface area contributed by atoms with E-state index in [1.54, 1.807) is 24.3 Å². The Morgan fingerprint density at radius 2 is 1.86 bits per heavy atom. The van der Waals surface area contributed by atoms with Crippen LogP contribution in [0.2, 0.25) is 0 Å². The van der Waals surface area contributed by atoms with Gasteiger partial charge in [0.1, 0.15) is 5.75 Å². The first-order valence-electron chi connectivity index (χ1n) is 4.15. The first kappa shape index (κ1) is 10.4. The number of carbonyl (C=O) groups is 2. The van der Waals surface area contributed by atoms with E-state index < -0.39 is 0 Å². The van der Waals surface area contributed by atoms with Crippen LogP contribution < -0.4 is 10.5 Å². The van der Waals surface area contributed by atoms with Crippen LogP contribution in [0.15, 0.2) is 24.3 Å². The molecule has 0 atom stereocenters. The average Bonchev–Trinajstić information content (AvgIpc) is 2.17. The zero-order valence-corrected chi connectivity index (χ0v) is 7.82. The Kier molecular flexibility index (Phi) is 3.36. The summed E-state index contributed by atoms with van der Waals surface area (Å²) in [7, 11) is 0. The molecular weight excluding hydrogens is 182 g/mol. The number of esters is 1. The van der Waals surface area contributed by atoms with E-state index in [-0.39, 0.29) is 18.3 Å². The summed E-state index contributed by atoms with van der Waals surface area (Å²) in [5.74, 6) is -0.103. The number of rotatable bonds is 3. The highest BCUT2D eigenvalue weighted by Gasteiger charge is 2.03. The van der Waals surface area contributed by atoms with E-state index in [0.29, 0.717) is 11.3 Å². The maximum atomic E-state index is 11.1. The molecule has 0 bridgehead atoms. The molecular formula is C10H11NO3. The second-order valence-corrected chi connectivity index (χ2v) is 2.75. The van der Waals surface area contributed by atoms with Crippen molar-refractivity contribution < 1.29 is 14.3 Å². The van der Waals surface area contributed by atoms with Crippen LogP contribution in [0.4, 0.5) is 0 Å². The van der Waals surface area contributed by atoms with Crippen molar-refractivity contribution in [2.75, 3.05) is 6.54 Å². The standard InChI is InChI=1S/C10H11NO3/c1-7(12)14-9-4-2-8(3-5-9)10(13)6-11/h2-5H,6,11H2,1H3. The van der Waals surface area contributed by atoms with E-state index in [2.05, 4.69) is 0 Å². The summed E-state index contributed by atoms with van der Waals surface area (Å²) in [5.41, 5.74) is 5.70. The summed E-state index contributed by atoms with van der Waals surface area (Å²) >= 11 is 0. The summed E-state index contributed by atoms with van der Waals surface area (Å²) in [4.78, 5) is 21.7. The lowest BCUT2D eigenvalue weighted by Crippen LogP contribution is -2.13. The average molecular weight is 193 g/mol. The van der Waals surface area contributed by atoms with Gasteiger partial charge in [-0.3, -0.25) is 9.59 Å². The predicted molar refractivity (Wildman–Crippen MR) is 51.1 cm³/mol. The van der Waals surface area contributed by atoms with Gasteiger partial charge < -0.3 is 10.5 Å². The minimum atomic E-state index is -0.386. The predicted octanol–water partition coefficient (Wildman–Crippen LogP) is 0.753. The van der Waals surface area contributed by atoms with Crippen molar-refractivity contribution in [3.63, 3.8) is 0 Å². The van der Waals surface area contributed by atoms with Crippen molar-refractivity contribution in [3.8, 4) is 5.75 Å². The van der Waals surface area contributed by atoms with Gasteiger partial charge in [0.15, 0.2) is 5.78 Å². The highest BCUT2D eigenvalue weighted by molar-refractivity contribution is 5.97. The lowest BCUT2D eigenvalue weighted by Gasteiger charge is -2.01. The van der Waals surface area contributed by atoms with E-state index in [1.807, 2.05) is 0 Å². The number of hydrogen-bond acceptors (Lipinski definition) is 4. The number of hydrogen-bond donors (Lipinski definition) is 1. The van der Waals surface area contributed by atoms with Crippen LogP contribution in [-0.2, 0) is 4.79 Å². The van der Waals surface area contributed by atoms with Gasteiger partial charge in [-0.2, -0.15) is 0 Å². The molecule has 2 N–H and O–H groups in total. The molecule has 1 aromatic carbocycles. The molecule has 4 nitrogen and oxygen atoms in total. The molecule has 0 saturated heterocycles. The van der Waals surface area contributed by atoms with Crippen LogP contribution >= 0.6 is 0 Å². The zero-order valence-electron chi connectivity index (χ0n) is 7.82. The van der Waals surface area contributed by atoms with Gasteiger partial charge in [0.2, 0.25) is 0 Å². The van der Waals surface area contributed by atoms with Gasteiger partial charge in [-0.1, -0.05) is 0 Å². The van der Waals surface area contributed by atoms with Crippen molar-refractivity contribution in [1.82, 2.24) is 0 Å². The topological polar surface area (TPSA) is 69.4 Å². The van der Waals surface area contributed by atoms with Crippen LogP contribution in [0.3, 0.4) is 0 Å². The van der Waals surface area contributed by atoms with Crippen molar-refractivity contribution in [2.45, 2.75) is 6.92 Å². The minimum absolute atomic E-state index is 0.0209. The van der Waals surface area contributed by atoms with Crippen LogP contribution in [0, 0.1) is 0 Å². The molecule has 0 aliphatic heterocycles. The van der Waals surface area contributed by atoms with Crippen molar-refractivity contribution in [3.05, 3.63) is 29.8 Å². The molecule has 0 unspecified atom stereocenters. The summed E-state index contributed by atoms with van der Waals surface area (Å²) in [5, 5.41) is 0. The fraction of sp³-hybridized carbons (Fsp3) is 0.200. The van der Waals surface area contributed by atoms with Crippen molar-refractivity contribution >= 4 is 11.8 Å². The number of benzene rings is 1. The van der Waals surface area contributed by atoms with E-state index in [9.17, 15) is 9.59 Å². The number of ketones is 1. The molecule has 4 heteroatoms. The minimum Gasteiger partial charge on any atom is -0.427 e. The Morgan fingerprint density at radius 3 is 2.29 bits per heavy atom. The second kappa shape index (κ2) is 4.53. The van der Waals surface area contributed by atoms with Crippen LogP contribution in [-0.4, -0.2) is 18.3 Å². The monoisotopic (exact) mass is 193 g/mol. The Labute approximate surface area is 81.7 Å². The van der Waals surface area contributed by atoms with Crippen molar-refractivity contribution in [2.24, 2.45) is 5.73 Å². The van der Waals surface area contributed by atoms with Gasteiger partial charge in [-0.25, -0.2) is 0 Å². The fourth-order valence-electron chi connectivity index (χ4n) is 0.993. The molecule has 0 aromatic heterocycles. The molecule has 0 heterocycles. The maximum Gasteiger partial charge on any atom is 0.308 e. The third-order valence-corrected chi connectivity index (χ3v) is 1.62. The van der Waals surface area contributed by atoms with Crippen molar-refractivity contribution in [1.29, 1.82) is 0 Å². The molecule has 1 rings (SSSR count). The molecule has 0 amide bonds. The Hall–Kier alpha value is -1.68. The Bertz CT molecular complexity index is 343. The van der Waals surface area contributed by atoms with Gasteiger partial charge in [0.05, 0.1) is 6.54 Å². The Balaban J connectivity index is 2.78. The lowest BCUT2D eigenvalue weighted by atomic mass is 10.1. The molecule has 1 aromatic rings. The van der Waals surface area contributed by atoms with Gasteiger partial charge in [0.25, 0.3) is 0 Å². The molecule has 0 aliphatic rings. The summed E-state index contributed by atoms with van der Waals surface area (Å²) in [6.45, 7) is 1.30. The summed E-state index contributed by atoms with van der Waals surface area (Å²) < 4.78 is 4.80. The first-order chi connectivity index (χ1) is 6.63. The highest BCUT2D eigenvalue weighted by Crippen LogP contribution is 2.12. The molecule has 0 spiro atoms. The molecule has 0 radical (unpaired) electrons. The van der Waals surface area contributed by atoms with E-state index in [4.69, 9.17) is 10.5 Å². The SMILES string of the molecule is CC(=O)Oc1ccc(C(=O)CN)cc1. The fourth-order valence-corrected chi connectivity index (χ4v) is 0.993. The summed E-state index contributed by atoms with van der Waals surface area (Å²) in [6.07, 6.45) is 0. The zero-order chi connectivity index (χ0) is 10.6. The van der Waals surface area contributed by atoms with E-state index >= 15 is 0 Å². The molecule has 14 heavy (non-hydrogen) atoms. The largest absolute Gasteiger partial charge is 0.427 e. The number of Topliss-reactive ketones (excluding diaryl/α,β-unsaturated/α-hetero) is 1. The number of carbonyl (C=O) groups excluding carboxylic acids is 2. The number of ether oxygens (including phenoxy) is 1. The quantitative estimate of drug-likeness (QED) is 0.437. The maximum absolute atomic E-state index is 11.1. The number of nitrogens with two attached hydrogens (primary N) is 1. The van der Waals surface area contributed by atoms with Crippen LogP contribution in [0.1, 0.15) is 17.3 Å². The van der Waals surface area contributed by atoms with Gasteiger partial charge in [-0.05, 0) is 24.3 Å². The molecule has 74 valence electrons. The smallest absolute Gasteiger partial charge is 0.308 e. The van der Waals surface area contributed by atoms with Gasteiger partial charge in [0, 0.05) is 12.5 Å². The molecule has 0 saturated carbocycles. The normalized spacial score (nSPS) is 9.57. The summed E-state index contributed by atoms with van der Waals surface area (Å²) in [6, 6.07) is 6.27. The third kappa shape index (κ3) is 2.67. The van der Waals surface area contributed by atoms with Crippen LogP contribution in [0.5, 0.6) is 5.75 Å². The first-order valence-corrected chi connectivity index (χ1v) is 4.15. The Morgan fingerprint density at radius 1 is 1.29 bits per heavy atom. The van der Waals surface area contributed by atoms with E-state index in [1.165, 1.54) is 6.92 Å². The van der Waals surface area contributed by atoms with Gasteiger partial charge >= 0.3 is 5.97 Å². The van der Waals surface area contributed by atoms with Crippen LogP contribution in [0.25, 0.3) is 0 Å². The second-order valence-electron chi connectivity index (χ2n) is 2.75.